The van der Waals surface area contributed by atoms with Crippen LogP contribution in [0.1, 0.15) is 76.1 Å². The molecule has 264 valence electrons. The van der Waals surface area contributed by atoms with Gasteiger partial charge in [0.25, 0.3) is 5.91 Å². The molecular formula is C34H40Cl2F3N7O3. The molecule has 5 rings (SSSR count). The van der Waals surface area contributed by atoms with Gasteiger partial charge in [-0.3, -0.25) is 9.59 Å². The predicted molar refractivity (Wildman–Crippen MR) is 186 cm³/mol. The number of aromatic nitrogens is 3. The highest BCUT2D eigenvalue weighted by atomic mass is 35.5. The lowest BCUT2D eigenvalue weighted by atomic mass is 9.93. The molecule has 49 heavy (non-hydrogen) atoms. The van der Waals surface area contributed by atoms with Crippen molar-refractivity contribution in [1.82, 2.24) is 20.0 Å². The summed E-state index contributed by atoms with van der Waals surface area (Å²) >= 11 is 13.3. The van der Waals surface area contributed by atoms with Crippen LogP contribution in [-0.2, 0) is 23.8 Å². The first-order valence-corrected chi connectivity index (χ1v) is 16.6. The maximum Gasteiger partial charge on any atom is 0.391 e. The Labute approximate surface area is 292 Å². The highest BCUT2D eigenvalue weighted by molar-refractivity contribution is 6.39. The van der Waals surface area contributed by atoms with Gasteiger partial charge in [0.1, 0.15) is 5.76 Å². The van der Waals surface area contributed by atoms with E-state index in [0.717, 1.165) is 0 Å². The summed E-state index contributed by atoms with van der Waals surface area (Å²) in [5, 5.41) is 13.5. The molecule has 1 fully saturated rings. The minimum Gasteiger partial charge on any atom is -0.371 e. The van der Waals surface area contributed by atoms with Crippen LogP contribution in [0.4, 0.5) is 36.3 Å². The number of nitrogens with zero attached hydrogens (tertiary/aromatic N) is 4. The van der Waals surface area contributed by atoms with Crippen molar-refractivity contribution in [1.29, 1.82) is 0 Å². The van der Waals surface area contributed by atoms with Gasteiger partial charge in [0, 0.05) is 43.6 Å². The number of fused-ring (bicyclic) bond motifs is 1. The molecule has 0 atom stereocenters. The number of hydrogen-bond acceptors (Lipinski definition) is 7. The third kappa shape index (κ3) is 7.93. The van der Waals surface area contributed by atoms with Gasteiger partial charge in [-0.2, -0.15) is 13.2 Å². The number of imidazole rings is 1. The molecule has 0 aliphatic carbocycles. The van der Waals surface area contributed by atoms with E-state index in [4.69, 9.17) is 32.7 Å². The number of amides is 2. The van der Waals surface area contributed by atoms with E-state index >= 15 is 0 Å². The SMILES string of the molecule is Cn1c(Nc2c(Cl)ccc(CNC(=O)C(C)(C)C)c2Cl)nc2cc(C(=O)Nc3cc(C(C)(C)C)on3)c(N3CCC(C(F)(F)F)CC3)cc21. The Kier molecular flexibility index (Phi) is 9.92. The predicted octanol–water partition coefficient (Wildman–Crippen LogP) is 8.60. The molecule has 1 saturated heterocycles. The molecule has 15 heteroatoms. The maximum atomic E-state index is 13.8. The molecule has 3 N–H and O–H groups in total. The number of rotatable bonds is 7. The van der Waals surface area contributed by atoms with Crippen LogP contribution in [0, 0.1) is 11.3 Å². The van der Waals surface area contributed by atoms with E-state index in [9.17, 15) is 22.8 Å². The zero-order valence-electron chi connectivity index (χ0n) is 28.4. The zero-order chi connectivity index (χ0) is 36.1. The summed E-state index contributed by atoms with van der Waals surface area (Å²) in [5.41, 5.74) is 1.83. The van der Waals surface area contributed by atoms with Crippen molar-refractivity contribution in [2.75, 3.05) is 28.6 Å². The molecule has 4 aromatic rings. The van der Waals surface area contributed by atoms with Gasteiger partial charge in [0.2, 0.25) is 11.9 Å². The van der Waals surface area contributed by atoms with Gasteiger partial charge in [-0.15, -0.1) is 0 Å². The van der Waals surface area contributed by atoms with Crippen LogP contribution in [0.3, 0.4) is 0 Å². The van der Waals surface area contributed by atoms with Gasteiger partial charge in [-0.25, -0.2) is 4.98 Å². The molecule has 0 saturated carbocycles. The third-order valence-electron chi connectivity index (χ3n) is 8.56. The third-order valence-corrected chi connectivity index (χ3v) is 9.31. The van der Waals surface area contributed by atoms with E-state index < -0.39 is 23.4 Å². The summed E-state index contributed by atoms with van der Waals surface area (Å²) in [6.07, 6.45) is -4.47. The Morgan fingerprint density at radius 3 is 2.29 bits per heavy atom. The van der Waals surface area contributed by atoms with Gasteiger partial charge in [-0.1, -0.05) is 76.0 Å². The first kappa shape index (κ1) is 36.3. The first-order valence-electron chi connectivity index (χ1n) is 15.9. The summed E-state index contributed by atoms with van der Waals surface area (Å²) in [6, 6.07) is 8.39. The Hall–Kier alpha value is -3.97. The van der Waals surface area contributed by atoms with E-state index in [1.54, 1.807) is 46.8 Å². The van der Waals surface area contributed by atoms with E-state index in [1.807, 2.05) is 41.5 Å². The fourth-order valence-electron chi connectivity index (χ4n) is 5.50. The second kappa shape index (κ2) is 13.4. The van der Waals surface area contributed by atoms with E-state index in [1.165, 1.54) is 0 Å². The lowest BCUT2D eigenvalue weighted by Crippen LogP contribution is -2.39. The molecule has 0 unspecified atom stereocenters. The summed E-state index contributed by atoms with van der Waals surface area (Å²) in [7, 11) is 1.76. The number of aryl methyl sites for hydroxylation is 1. The molecule has 10 nitrogen and oxygen atoms in total. The monoisotopic (exact) mass is 721 g/mol. The van der Waals surface area contributed by atoms with Crippen molar-refractivity contribution in [2.24, 2.45) is 18.4 Å². The summed E-state index contributed by atoms with van der Waals surface area (Å²) < 4.78 is 47.7. The van der Waals surface area contributed by atoms with E-state index in [0.29, 0.717) is 49.7 Å². The van der Waals surface area contributed by atoms with Gasteiger partial charge < -0.3 is 29.9 Å². The Bertz CT molecular complexity index is 1880. The van der Waals surface area contributed by atoms with Gasteiger partial charge in [-0.05, 0) is 36.6 Å². The van der Waals surface area contributed by atoms with Crippen LogP contribution in [0.25, 0.3) is 11.0 Å². The minimum absolute atomic E-state index is 0.0947. The highest BCUT2D eigenvalue weighted by Gasteiger charge is 2.41. The molecule has 0 radical (unpaired) electrons. The largest absolute Gasteiger partial charge is 0.391 e. The highest BCUT2D eigenvalue weighted by Crippen LogP contribution is 2.39. The molecule has 2 amide bonds. The summed E-state index contributed by atoms with van der Waals surface area (Å²) in [5.74, 6) is -0.927. The van der Waals surface area contributed by atoms with Crippen molar-refractivity contribution in [3.8, 4) is 0 Å². The molecule has 2 aromatic carbocycles. The number of hydrogen-bond donors (Lipinski definition) is 3. The number of carbonyl (C=O) groups excluding carboxylic acids is 2. The molecule has 0 bridgehead atoms. The number of alkyl halides is 3. The Balaban J connectivity index is 1.50. The van der Waals surface area contributed by atoms with Crippen LogP contribution in [0.15, 0.2) is 34.9 Å². The number of piperidine rings is 1. The average Bonchev–Trinajstić information content (AvgIpc) is 3.61. The van der Waals surface area contributed by atoms with Crippen molar-refractivity contribution < 1.29 is 27.3 Å². The van der Waals surface area contributed by atoms with Crippen molar-refractivity contribution in [3.05, 3.63) is 57.3 Å². The van der Waals surface area contributed by atoms with Crippen molar-refractivity contribution in [3.63, 3.8) is 0 Å². The van der Waals surface area contributed by atoms with Crippen molar-refractivity contribution >= 4 is 69.2 Å². The summed E-state index contributed by atoms with van der Waals surface area (Å²) in [6.45, 7) is 11.7. The van der Waals surface area contributed by atoms with Gasteiger partial charge in [0.15, 0.2) is 5.82 Å². The molecule has 2 aromatic heterocycles. The molecule has 3 heterocycles. The standard InChI is InChI=1S/C34H40Cl2F3N7O3/c1-32(2,3)25-16-26(44-49-25)42-29(47)20-14-22-24(15-23(20)46-12-10-19(11-13-46)34(37,38)39)45(7)31(41-22)43-28-21(35)9-8-18(27(28)36)17-40-30(48)33(4,5)6/h8-9,14-16,19H,10-13,17H2,1-7H3,(H,40,48)(H,41,43)(H,42,44,47). The average molecular weight is 723 g/mol. The Morgan fingerprint density at radius 1 is 1.02 bits per heavy atom. The lowest BCUT2D eigenvalue weighted by Gasteiger charge is -2.35. The van der Waals surface area contributed by atoms with Crippen LogP contribution >= 0.6 is 23.2 Å². The van der Waals surface area contributed by atoms with Crippen molar-refractivity contribution in [2.45, 2.75) is 72.5 Å². The molecule has 1 aliphatic rings. The quantitative estimate of drug-likeness (QED) is 0.175. The lowest BCUT2D eigenvalue weighted by molar-refractivity contribution is -0.179. The first-order chi connectivity index (χ1) is 22.7. The van der Waals surface area contributed by atoms with Gasteiger partial charge in [0.05, 0.1) is 43.9 Å². The fraction of sp³-hybridized carbons (Fsp3) is 0.471. The number of carbonyl (C=O) groups is 2. The van der Waals surface area contributed by atoms with E-state index in [-0.39, 0.29) is 55.2 Å². The van der Waals surface area contributed by atoms with Gasteiger partial charge >= 0.3 is 6.18 Å². The molecule has 1 aliphatic heterocycles. The van der Waals surface area contributed by atoms with Crippen LogP contribution in [0.5, 0.6) is 0 Å². The number of anilines is 4. The zero-order valence-corrected chi connectivity index (χ0v) is 29.9. The maximum absolute atomic E-state index is 13.8. The smallest absolute Gasteiger partial charge is 0.371 e. The molecule has 0 spiro atoms. The second-order valence-electron chi connectivity index (χ2n) is 14.4. The number of benzene rings is 2. The minimum atomic E-state index is -4.28. The van der Waals surface area contributed by atoms with Crippen LogP contribution in [0.2, 0.25) is 10.0 Å². The van der Waals surface area contributed by atoms with Crippen LogP contribution < -0.4 is 20.9 Å². The second-order valence-corrected chi connectivity index (χ2v) is 15.2. The van der Waals surface area contributed by atoms with E-state index in [2.05, 4.69) is 21.1 Å². The normalized spacial score (nSPS) is 14.7. The fourth-order valence-corrected chi connectivity index (χ4v) is 6.03. The topological polar surface area (TPSA) is 117 Å². The summed E-state index contributed by atoms with van der Waals surface area (Å²) in [4.78, 5) is 32.7. The number of halogens is 5. The van der Waals surface area contributed by atoms with Crippen LogP contribution in [-0.4, -0.2) is 45.8 Å². The molecular weight excluding hydrogens is 682 g/mol. The number of nitrogens with one attached hydrogen (secondary N) is 3. The Morgan fingerprint density at radius 2 is 1.69 bits per heavy atom.